The number of guanidine groups is 1. The highest BCUT2D eigenvalue weighted by Crippen LogP contribution is 2.13. The predicted molar refractivity (Wildman–Crippen MR) is 59.5 cm³/mol. The highest BCUT2D eigenvalue weighted by molar-refractivity contribution is 5.97. The summed E-state index contributed by atoms with van der Waals surface area (Å²) in [7, 11) is 0. The number of hydrogen-bond donors (Lipinski definition) is 3. The van der Waals surface area contributed by atoms with Crippen LogP contribution in [0.5, 0.6) is 0 Å². The van der Waals surface area contributed by atoms with Gasteiger partial charge in [0.1, 0.15) is 5.65 Å². The van der Waals surface area contributed by atoms with Crippen molar-refractivity contribution in [3.63, 3.8) is 0 Å². The standard InChI is InChI=1S/C9H10N6/c10-9(11)15-14-5-6-4-13-8-7(6)2-1-3-12-8/h1-5H,(H,12,13)(H4,10,11,15). The van der Waals surface area contributed by atoms with E-state index < -0.39 is 0 Å². The van der Waals surface area contributed by atoms with E-state index in [1.807, 2.05) is 12.1 Å². The molecule has 0 saturated heterocycles. The molecule has 0 unspecified atom stereocenters. The van der Waals surface area contributed by atoms with Crippen molar-refractivity contribution >= 4 is 23.2 Å². The molecule has 6 heteroatoms. The summed E-state index contributed by atoms with van der Waals surface area (Å²) < 4.78 is 0. The molecular weight excluding hydrogens is 192 g/mol. The Morgan fingerprint density at radius 1 is 1.47 bits per heavy atom. The van der Waals surface area contributed by atoms with E-state index in [4.69, 9.17) is 11.5 Å². The van der Waals surface area contributed by atoms with Crippen LogP contribution in [0, 0.1) is 0 Å². The molecule has 15 heavy (non-hydrogen) atoms. The van der Waals surface area contributed by atoms with Gasteiger partial charge in [-0.3, -0.25) is 0 Å². The van der Waals surface area contributed by atoms with Crippen LogP contribution < -0.4 is 11.5 Å². The Bertz CT molecular complexity index is 520. The monoisotopic (exact) mass is 202 g/mol. The third-order valence-electron chi connectivity index (χ3n) is 1.85. The highest BCUT2D eigenvalue weighted by atomic mass is 15.3. The summed E-state index contributed by atoms with van der Waals surface area (Å²) in [5.74, 6) is -0.0655. The summed E-state index contributed by atoms with van der Waals surface area (Å²) in [4.78, 5) is 7.16. The van der Waals surface area contributed by atoms with Crippen molar-refractivity contribution in [2.24, 2.45) is 21.7 Å². The van der Waals surface area contributed by atoms with Gasteiger partial charge < -0.3 is 16.5 Å². The Morgan fingerprint density at radius 3 is 3.13 bits per heavy atom. The van der Waals surface area contributed by atoms with Gasteiger partial charge in [0.2, 0.25) is 5.96 Å². The van der Waals surface area contributed by atoms with E-state index in [9.17, 15) is 0 Å². The van der Waals surface area contributed by atoms with Gasteiger partial charge in [0, 0.05) is 23.3 Å². The third-order valence-corrected chi connectivity index (χ3v) is 1.85. The second-order valence-corrected chi connectivity index (χ2v) is 2.91. The Labute approximate surface area is 85.7 Å². The van der Waals surface area contributed by atoms with Crippen molar-refractivity contribution in [2.75, 3.05) is 0 Å². The van der Waals surface area contributed by atoms with Crippen molar-refractivity contribution in [2.45, 2.75) is 0 Å². The molecular formula is C9H10N6. The van der Waals surface area contributed by atoms with Crippen LogP contribution in [0.3, 0.4) is 0 Å². The summed E-state index contributed by atoms with van der Waals surface area (Å²) in [6.45, 7) is 0. The number of hydrogen-bond acceptors (Lipinski definition) is 3. The molecule has 2 heterocycles. The van der Waals surface area contributed by atoms with Crippen LogP contribution in [0.1, 0.15) is 5.56 Å². The molecule has 2 rings (SSSR count). The summed E-state index contributed by atoms with van der Waals surface area (Å²) >= 11 is 0. The minimum Gasteiger partial charge on any atom is -0.369 e. The molecule has 76 valence electrons. The van der Waals surface area contributed by atoms with E-state index in [1.165, 1.54) is 0 Å². The number of nitrogens with two attached hydrogens (primary N) is 2. The fourth-order valence-corrected chi connectivity index (χ4v) is 1.24. The Kier molecular flexibility index (Phi) is 2.32. The van der Waals surface area contributed by atoms with Crippen LogP contribution >= 0.6 is 0 Å². The van der Waals surface area contributed by atoms with Gasteiger partial charge in [0.05, 0.1) is 6.21 Å². The number of aromatic amines is 1. The predicted octanol–water partition coefficient (Wildman–Crippen LogP) is 0.170. The van der Waals surface area contributed by atoms with E-state index in [0.29, 0.717) is 0 Å². The number of fused-ring (bicyclic) bond motifs is 1. The largest absolute Gasteiger partial charge is 0.369 e. The van der Waals surface area contributed by atoms with E-state index >= 15 is 0 Å². The molecule has 6 nitrogen and oxygen atoms in total. The van der Waals surface area contributed by atoms with Crippen LogP contribution in [-0.2, 0) is 0 Å². The van der Waals surface area contributed by atoms with Crippen molar-refractivity contribution in [3.05, 3.63) is 30.1 Å². The zero-order valence-corrected chi connectivity index (χ0v) is 7.88. The molecule has 0 radical (unpaired) electrons. The fourth-order valence-electron chi connectivity index (χ4n) is 1.24. The van der Waals surface area contributed by atoms with Gasteiger partial charge in [-0.1, -0.05) is 0 Å². The smallest absolute Gasteiger partial charge is 0.211 e. The van der Waals surface area contributed by atoms with Gasteiger partial charge >= 0.3 is 0 Å². The van der Waals surface area contributed by atoms with Crippen LogP contribution in [0.15, 0.2) is 34.7 Å². The first-order valence-corrected chi connectivity index (χ1v) is 4.31. The molecule has 5 N–H and O–H groups in total. The lowest BCUT2D eigenvalue weighted by atomic mass is 10.2. The minimum absolute atomic E-state index is 0.0655. The molecule has 0 aliphatic rings. The molecule has 0 saturated carbocycles. The number of pyridine rings is 1. The van der Waals surface area contributed by atoms with Crippen LogP contribution in [0.4, 0.5) is 0 Å². The topological polar surface area (TPSA) is 105 Å². The fraction of sp³-hybridized carbons (Fsp3) is 0. The first-order chi connectivity index (χ1) is 7.27. The number of H-pyrrole nitrogens is 1. The van der Waals surface area contributed by atoms with Gasteiger partial charge in [-0.25, -0.2) is 4.98 Å². The number of aromatic nitrogens is 2. The van der Waals surface area contributed by atoms with Crippen molar-refractivity contribution < 1.29 is 0 Å². The Hall–Kier alpha value is -2.37. The normalized spacial score (nSPS) is 10.9. The average molecular weight is 202 g/mol. The zero-order valence-electron chi connectivity index (χ0n) is 7.88. The summed E-state index contributed by atoms with van der Waals surface area (Å²) in [5.41, 5.74) is 12.0. The first-order valence-electron chi connectivity index (χ1n) is 4.31. The van der Waals surface area contributed by atoms with Crippen molar-refractivity contribution in [1.82, 2.24) is 9.97 Å². The van der Waals surface area contributed by atoms with Crippen LogP contribution in [0.2, 0.25) is 0 Å². The van der Waals surface area contributed by atoms with Gasteiger partial charge in [0.25, 0.3) is 0 Å². The maximum Gasteiger partial charge on any atom is 0.211 e. The molecule has 0 bridgehead atoms. The van der Waals surface area contributed by atoms with E-state index in [2.05, 4.69) is 20.2 Å². The lowest BCUT2D eigenvalue weighted by Crippen LogP contribution is -2.21. The summed E-state index contributed by atoms with van der Waals surface area (Å²) in [6, 6.07) is 3.80. The zero-order chi connectivity index (χ0) is 10.7. The van der Waals surface area contributed by atoms with Gasteiger partial charge in [-0.05, 0) is 12.1 Å². The van der Waals surface area contributed by atoms with Crippen molar-refractivity contribution in [3.8, 4) is 0 Å². The maximum atomic E-state index is 5.14. The summed E-state index contributed by atoms with van der Waals surface area (Å²) in [5, 5.41) is 8.22. The molecule has 0 amide bonds. The average Bonchev–Trinajstić information content (AvgIpc) is 2.62. The maximum absolute atomic E-state index is 5.14. The van der Waals surface area contributed by atoms with Gasteiger partial charge in [-0.15, -0.1) is 5.10 Å². The molecule has 2 aromatic rings. The Balaban J connectivity index is 2.37. The van der Waals surface area contributed by atoms with Crippen LogP contribution in [-0.4, -0.2) is 22.1 Å². The molecule has 0 aromatic carbocycles. The van der Waals surface area contributed by atoms with Crippen LogP contribution in [0.25, 0.3) is 11.0 Å². The SMILES string of the molecule is NC(N)=NN=Cc1c[nH]c2ncccc12. The molecule has 0 aliphatic heterocycles. The molecule has 2 aromatic heterocycles. The highest BCUT2D eigenvalue weighted by Gasteiger charge is 1.99. The number of rotatable bonds is 2. The van der Waals surface area contributed by atoms with Gasteiger partial charge in [0.15, 0.2) is 0 Å². The van der Waals surface area contributed by atoms with Gasteiger partial charge in [-0.2, -0.15) is 5.10 Å². The second kappa shape index (κ2) is 3.79. The lowest BCUT2D eigenvalue weighted by molar-refractivity contribution is 1.22. The number of nitrogens with one attached hydrogen (secondary N) is 1. The second-order valence-electron chi connectivity index (χ2n) is 2.91. The van der Waals surface area contributed by atoms with E-state index in [0.717, 1.165) is 16.6 Å². The molecule has 0 aliphatic carbocycles. The van der Waals surface area contributed by atoms with E-state index in [-0.39, 0.29) is 5.96 Å². The minimum atomic E-state index is -0.0655. The van der Waals surface area contributed by atoms with E-state index in [1.54, 1.807) is 18.6 Å². The first kappa shape index (κ1) is 9.20. The summed E-state index contributed by atoms with van der Waals surface area (Å²) in [6.07, 6.45) is 5.08. The van der Waals surface area contributed by atoms with Crippen molar-refractivity contribution in [1.29, 1.82) is 0 Å². The molecule has 0 fully saturated rings. The number of nitrogens with zero attached hydrogens (tertiary/aromatic N) is 3. The Morgan fingerprint density at radius 2 is 2.33 bits per heavy atom. The molecule has 0 spiro atoms. The molecule has 0 atom stereocenters. The third kappa shape index (κ3) is 1.93. The lowest BCUT2D eigenvalue weighted by Gasteiger charge is -1.88. The quantitative estimate of drug-likeness (QED) is 0.367.